The molecule has 0 spiro atoms. The van der Waals surface area contributed by atoms with E-state index >= 15 is 0 Å². The average Bonchev–Trinajstić information content (AvgIpc) is 2.59. The molecule has 8 heteroatoms. The molecule has 17 heavy (non-hydrogen) atoms. The van der Waals surface area contributed by atoms with Crippen molar-refractivity contribution in [3.8, 4) is 0 Å². The summed E-state index contributed by atoms with van der Waals surface area (Å²) in [6, 6.07) is 0. The predicted molar refractivity (Wildman–Crippen MR) is 61.7 cm³/mol. The zero-order chi connectivity index (χ0) is 13.1. The van der Waals surface area contributed by atoms with Crippen LogP contribution in [-0.4, -0.2) is 39.2 Å². The van der Waals surface area contributed by atoms with Gasteiger partial charge in [-0.05, 0) is 6.92 Å². The number of nitrogens with one attached hydrogen (secondary N) is 1. The van der Waals surface area contributed by atoms with Gasteiger partial charge in [-0.15, -0.1) is 11.3 Å². The van der Waals surface area contributed by atoms with Gasteiger partial charge in [-0.25, -0.2) is 4.98 Å². The Balaban J connectivity index is 2.51. The number of hydrogen-bond donors (Lipinski definition) is 4. The average molecular weight is 259 g/mol. The number of carbonyl (C=O) groups is 2. The number of aromatic nitrogens is 1. The number of carbonyl (C=O) groups excluding carboxylic acids is 1. The minimum atomic E-state index is -1.50. The Morgan fingerprint density at radius 1 is 1.65 bits per heavy atom. The van der Waals surface area contributed by atoms with Crippen LogP contribution in [0.25, 0.3) is 0 Å². The molecule has 1 unspecified atom stereocenters. The van der Waals surface area contributed by atoms with Gasteiger partial charge in [0.15, 0.2) is 5.13 Å². The first-order valence-corrected chi connectivity index (χ1v) is 5.61. The molecule has 0 bridgehead atoms. The Hall–Kier alpha value is -1.67. The van der Waals surface area contributed by atoms with Gasteiger partial charge in [0, 0.05) is 11.9 Å². The summed E-state index contributed by atoms with van der Waals surface area (Å²) in [6.07, 6.45) is -0.452. The van der Waals surface area contributed by atoms with Crippen LogP contribution in [0, 0.1) is 0 Å². The summed E-state index contributed by atoms with van der Waals surface area (Å²) in [5, 5.41) is 22.3. The van der Waals surface area contributed by atoms with Crippen molar-refractivity contribution in [2.45, 2.75) is 18.9 Å². The van der Waals surface area contributed by atoms with Gasteiger partial charge >= 0.3 is 5.97 Å². The first-order chi connectivity index (χ1) is 7.80. The van der Waals surface area contributed by atoms with Crippen molar-refractivity contribution < 1.29 is 19.8 Å². The van der Waals surface area contributed by atoms with Crippen molar-refractivity contribution in [1.29, 1.82) is 0 Å². The Bertz CT molecular complexity index is 430. The molecule has 1 heterocycles. The third-order valence-corrected chi connectivity index (χ3v) is 2.59. The molecule has 0 aliphatic heterocycles. The van der Waals surface area contributed by atoms with E-state index in [1.807, 2.05) is 0 Å². The molecule has 1 atom stereocenters. The first-order valence-electron chi connectivity index (χ1n) is 4.73. The lowest BCUT2D eigenvalue weighted by atomic mass is 10.0. The van der Waals surface area contributed by atoms with Crippen LogP contribution in [-0.2, 0) is 4.79 Å². The molecule has 5 N–H and O–H groups in total. The van der Waals surface area contributed by atoms with E-state index in [1.165, 1.54) is 12.3 Å². The molecule has 0 radical (unpaired) electrons. The molecule has 0 saturated carbocycles. The number of anilines is 1. The quantitative estimate of drug-likeness (QED) is 0.574. The molecule has 0 fully saturated rings. The van der Waals surface area contributed by atoms with Crippen LogP contribution in [0.2, 0.25) is 0 Å². The third-order valence-electron chi connectivity index (χ3n) is 1.92. The van der Waals surface area contributed by atoms with Gasteiger partial charge in [0.05, 0.1) is 12.0 Å². The molecule has 1 aromatic heterocycles. The number of hydrogen-bond acceptors (Lipinski definition) is 6. The SMILES string of the molecule is CC(O)(CNC(=O)c1csc(N)n1)CC(=O)O. The maximum absolute atomic E-state index is 11.5. The minimum absolute atomic E-state index is 0.152. The van der Waals surface area contributed by atoms with Gasteiger partial charge in [-0.2, -0.15) is 0 Å². The Morgan fingerprint density at radius 3 is 2.76 bits per heavy atom. The molecule has 1 amide bonds. The van der Waals surface area contributed by atoms with E-state index in [4.69, 9.17) is 10.8 Å². The van der Waals surface area contributed by atoms with Gasteiger partial charge < -0.3 is 21.3 Å². The van der Waals surface area contributed by atoms with E-state index in [9.17, 15) is 14.7 Å². The Labute approximate surface area is 101 Å². The molecular weight excluding hydrogens is 246 g/mol. The monoisotopic (exact) mass is 259 g/mol. The van der Waals surface area contributed by atoms with E-state index in [0.29, 0.717) is 0 Å². The highest BCUT2D eigenvalue weighted by molar-refractivity contribution is 7.13. The number of aliphatic hydroxyl groups is 1. The molecule has 7 nitrogen and oxygen atoms in total. The molecule has 94 valence electrons. The highest BCUT2D eigenvalue weighted by Gasteiger charge is 2.25. The number of nitrogens with two attached hydrogens (primary N) is 1. The standard InChI is InChI=1S/C9H13N3O4S/c1-9(16,2-6(13)14)4-11-7(15)5-3-17-8(10)12-5/h3,16H,2,4H2,1H3,(H2,10,12)(H,11,15)(H,13,14). The second-order valence-corrected chi connectivity index (χ2v) is 4.71. The largest absolute Gasteiger partial charge is 0.481 e. The second kappa shape index (κ2) is 5.11. The number of aliphatic carboxylic acids is 1. The Morgan fingerprint density at radius 2 is 2.29 bits per heavy atom. The third kappa shape index (κ3) is 4.37. The fraction of sp³-hybridized carbons (Fsp3) is 0.444. The van der Waals surface area contributed by atoms with Crippen LogP contribution < -0.4 is 11.1 Å². The number of amides is 1. The molecule has 0 saturated heterocycles. The van der Waals surface area contributed by atoms with Gasteiger partial charge in [-0.1, -0.05) is 0 Å². The summed E-state index contributed by atoms with van der Waals surface area (Å²) in [7, 11) is 0. The van der Waals surface area contributed by atoms with Gasteiger partial charge in [0.25, 0.3) is 5.91 Å². The second-order valence-electron chi connectivity index (χ2n) is 3.82. The summed E-state index contributed by atoms with van der Waals surface area (Å²) in [5.74, 6) is -1.63. The number of nitrogen functional groups attached to an aromatic ring is 1. The van der Waals surface area contributed by atoms with Gasteiger partial charge in [-0.3, -0.25) is 9.59 Å². The van der Waals surface area contributed by atoms with Crippen LogP contribution >= 0.6 is 11.3 Å². The van der Waals surface area contributed by atoms with Crippen LogP contribution in [0.5, 0.6) is 0 Å². The van der Waals surface area contributed by atoms with Crippen LogP contribution in [0.3, 0.4) is 0 Å². The molecule has 1 aromatic rings. The van der Waals surface area contributed by atoms with Crippen LogP contribution in [0.1, 0.15) is 23.8 Å². The van der Waals surface area contributed by atoms with Crippen molar-refractivity contribution in [1.82, 2.24) is 10.3 Å². The molecule has 0 aliphatic rings. The van der Waals surface area contributed by atoms with Crippen molar-refractivity contribution in [3.05, 3.63) is 11.1 Å². The van der Waals surface area contributed by atoms with Crippen molar-refractivity contribution >= 4 is 28.3 Å². The van der Waals surface area contributed by atoms with Gasteiger partial charge in [0.2, 0.25) is 0 Å². The molecule has 0 aliphatic carbocycles. The summed E-state index contributed by atoms with van der Waals surface area (Å²) >= 11 is 1.13. The summed E-state index contributed by atoms with van der Waals surface area (Å²) in [5.41, 5.74) is 4.02. The van der Waals surface area contributed by atoms with Gasteiger partial charge in [0.1, 0.15) is 5.69 Å². The maximum atomic E-state index is 11.5. The van der Waals surface area contributed by atoms with Crippen LogP contribution in [0.4, 0.5) is 5.13 Å². The highest BCUT2D eigenvalue weighted by atomic mass is 32.1. The van der Waals surface area contributed by atoms with Crippen LogP contribution in [0.15, 0.2) is 5.38 Å². The predicted octanol–water partition coefficient (Wildman–Crippen LogP) is -0.319. The number of carboxylic acid groups (broad SMARTS) is 1. The summed E-state index contributed by atoms with van der Waals surface area (Å²) in [4.78, 5) is 25.7. The number of carboxylic acids is 1. The first kappa shape index (κ1) is 13.4. The maximum Gasteiger partial charge on any atom is 0.306 e. The van der Waals surface area contributed by atoms with Crippen molar-refractivity contribution in [2.24, 2.45) is 0 Å². The number of thiazole rings is 1. The molecule has 1 rings (SSSR count). The normalized spacial score (nSPS) is 14.0. The summed E-state index contributed by atoms with van der Waals surface area (Å²) in [6.45, 7) is 1.16. The minimum Gasteiger partial charge on any atom is -0.481 e. The number of nitrogens with zero attached hydrogens (tertiary/aromatic N) is 1. The fourth-order valence-corrected chi connectivity index (χ4v) is 1.68. The summed E-state index contributed by atoms with van der Waals surface area (Å²) < 4.78 is 0. The lowest BCUT2D eigenvalue weighted by Gasteiger charge is -2.20. The molecular formula is C9H13N3O4S. The van der Waals surface area contributed by atoms with E-state index in [1.54, 1.807) is 0 Å². The highest BCUT2D eigenvalue weighted by Crippen LogP contribution is 2.12. The smallest absolute Gasteiger partial charge is 0.306 e. The Kier molecular flexibility index (Phi) is 4.02. The number of rotatable bonds is 5. The van der Waals surface area contributed by atoms with E-state index in [0.717, 1.165) is 11.3 Å². The lowest BCUT2D eigenvalue weighted by molar-refractivity contribution is -0.141. The topological polar surface area (TPSA) is 126 Å². The molecule has 0 aromatic carbocycles. The van der Waals surface area contributed by atoms with E-state index in [2.05, 4.69) is 10.3 Å². The zero-order valence-electron chi connectivity index (χ0n) is 9.14. The van der Waals surface area contributed by atoms with E-state index < -0.39 is 23.9 Å². The lowest BCUT2D eigenvalue weighted by Crippen LogP contribution is -2.42. The van der Waals surface area contributed by atoms with E-state index in [-0.39, 0.29) is 17.4 Å². The van der Waals surface area contributed by atoms with Crippen molar-refractivity contribution in [2.75, 3.05) is 12.3 Å². The zero-order valence-corrected chi connectivity index (χ0v) is 9.95. The van der Waals surface area contributed by atoms with Crippen molar-refractivity contribution in [3.63, 3.8) is 0 Å². The fourth-order valence-electron chi connectivity index (χ4n) is 1.14.